The van der Waals surface area contributed by atoms with Crippen molar-refractivity contribution in [2.75, 3.05) is 19.0 Å². The highest BCUT2D eigenvalue weighted by Gasteiger charge is 2.35. The molecule has 3 aromatic carbocycles. The first-order chi connectivity index (χ1) is 16.4. The van der Waals surface area contributed by atoms with Gasteiger partial charge in [-0.25, -0.2) is 4.90 Å². The van der Waals surface area contributed by atoms with Gasteiger partial charge in [0.05, 0.1) is 13.7 Å². The van der Waals surface area contributed by atoms with E-state index in [1.165, 1.54) is 16.0 Å². The number of methoxy groups -OCH3 is 1. The van der Waals surface area contributed by atoms with E-state index in [0.717, 1.165) is 33.9 Å². The van der Waals surface area contributed by atoms with Crippen LogP contribution in [0.3, 0.4) is 0 Å². The first-order valence-corrected chi connectivity index (χ1v) is 12.6. The Balaban J connectivity index is 1.68. The second-order valence-electron chi connectivity index (χ2n) is 8.65. The average Bonchev–Trinajstić information content (AvgIpc) is 2.85. The third-order valence-corrected chi connectivity index (χ3v) is 7.72. The van der Waals surface area contributed by atoms with Crippen LogP contribution in [0.4, 0.5) is 5.69 Å². The maximum absolute atomic E-state index is 12.4. The summed E-state index contributed by atoms with van der Waals surface area (Å²) in [7, 11) is 1.69. The number of ketones is 1. The van der Waals surface area contributed by atoms with Crippen LogP contribution in [-0.4, -0.2) is 29.4 Å². The zero-order chi connectivity index (χ0) is 24.2. The van der Waals surface area contributed by atoms with Gasteiger partial charge in [-0.05, 0) is 48.7 Å². The maximum atomic E-state index is 12.4. The van der Waals surface area contributed by atoms with Crippen molar-refractivity contribution >= 4 is 23.2 Å². The molecule has 5 nitrogen and oxygen atoms in total. The summed E-state index contributed by atoms with van der Waals surface area (Å²) in [4.78, 5) is 15.5. The molecule has 1 aliphatic heterocycles. The monoisotopic (exact) mass is 476 g/mol. The Morgan fingerprint density at radius 1 is 1.09 bits per heavy atom. The fourth-order valence-electron chi connectivity index (χ4n) is 4.43. The lowest BCUT2D eigenvalue weighted by Gasteiger charge is -2.41. The molecule has 178 valence electrons. The molecular weight excluding hydrogens is 444 g/mol. The Morgan fingerprint density at radius 2 is 1.82 bits per heavy atom. The van der Waals surface area contributed by atoms with E-state index in [4.69, 9.17) is 4.74 Å². The van der Waals surface area contributed by atoms with Crippen LogP contribution in [0.2, 0.25) is 0 Å². The number of nitrogens with zero attached hydrogens (tertiary/aromatic N) is 1. The van der Waals surface area contributed by atoms with Gasteiger partial charge in [-0.3, -0.25) is 4.79 Å². The Kier molecular flexibility index (Phi) is 7.61. The number of ether oxygens (including phenoxy) is 1. The number of anilines is 1. The minimum Gasteiger partial charge on any atom is -0.496 e. The van der Waals surface area contributed by atoms with Crippen LogP contribution in [0.15, 0.2) is 65.6 Å². The number of hydrogen-bond acceptors (Lipinski definition) is 6. The van der Waals surface area contributed by atoms with Crippen LogP contribution in [0, 0.1) is 13.8 Å². The summed E-state index contributed by atoms with van der Waals surface area (Å²) in [6.45, 7) is 6.29. The first-order valence-electron chi connectivity index (χ1n) is 11.6. The summed E-state index contributed by atoms with van der Waals surface area (Å²) < 4.78 is 5.67. The number of benzene rings is 3. The Bertz CT molecular complexity index is 1160. The topological polar surface area (TPSA) is 61.8 Å². The number of carbonyl (C=O) groups is 1. The molecule has 0 fully saturated rings. The minimum atomic E-state index is -0.868. The molecule has 6 heteroatoms. The number of rotatable bonds is 8. The van der Waals surface area contributed by atoms with Gasteiger partial charge < -0.3 is 15.2 Å². The molecule has 3 aromatic rings. The highest BCUT2D eigenvalue weighted by atomic mass is 32.2. The fourth-order valence-corrected chi connectivity index (χ4v) is 5.55. The molecule has 0 saturated heterocycles. The smallest absolute Gasteiger partial charge is 0.146 e. The molecule has 0 amide bonds. The van der Waals surface area contributed by atoms with E-state index in [1.54, 1.807) is 18.9 Å². The second-order valence-corrected chi connectivity index (χ2v) is 9.64. The van der Waals surface area contributed by atoms with Gasteiger partial charge in [0.2, 0.25) is 0 Å². The lowest BCUT2D eigenvalue weighted by atomic mass is 10.0. The van der Waals surface area contributed by atoms with Crippen LogP contribution in [0.1, 0.15) is 53.6 Å². The van der Waals surface area contributed by atoms with E-state index in [9.17, 15) is 9.90 Å². The summed E-state index contributed by atoms with van der Waals surface area (Å²) in [6, 6.07) is 20.2. The van der Waals surface area contributed by atoms with E-state index in [2.05, 4.69) is 43.4 Å². The van der Waals surface area contributed by atoms with Crippen molar-refractivity contribution in [3.05, 3.63) is 88.5 Å². The predicted molar refractivity (Wildman–Crippen MR) is 138 cm³/mol. The Morgan fingerprint density at radius 3 is 2.53 bits per heavy atom. The van der Waals surface area contributed by atoms with Gasteiger partial charge in [-0.1, -0.05) is 49.4 Å². The Hall–Kier alpha value is -2.80. The second kappa shape index (κ2) is 10.6. The number of carbonyl (C=O) groups excluding carboxylic acids is 1. The van der Waals surface area contributed by atoms with Gasteiger partial charge in [-0.2, -0.15) is 0 Å². The zero-order valence-corrected chi connectivity index (χ0v) is 21.0. The SMILES string of the molecule is CCC(=O)CN1C(O)c2ccccc2NC1c1ccc(OC)c(CSc2c(C)cccc2C)c1. The molecule has 1 aliphatic rings. The summed E-state index contributed by atoms with van der Waals surface area (Å²) in [6.07, 6.45) is -0.777. The van der Waals surface area contributed by atoms with Crippen molar-refractivity contribution in [1.29, 1.82) is 0 Å². The molecule has 0 aliphatic carbocycles. The molecular formula is C28H32N2O3S. The van der Waals surface area contributed by atoms with Crippen molar-refractivity contribution in [3.63, 3.8) is 0 Å². The fraction of sp³-hybridized carbons (Fsp3) is 0.321. The van der Waals surface area contributed by atoms with Crippen molar-refractivity contribution in [2.24, 2.45) is 0 Å². The van der Waals surface area contributed by atoms with E-state index in [1.807, 2.05) is 48.2 Å². The zero-order valence-electron chi connectivity index (χ0n) is 20.2. The highest BCUT2D eigenvalue weighted by Crippen LogP contribution is 2.40. The first kappa shape index (κ1) is 24.3. The lowest BCUT2D eigenvalue weighted by molar-refractivity contribution is -0.125. The number of Topliss-reactive ketones (excluding diaryl/α,β-unsaturated/α-hetero) is 1. The van der Waals surface area contributed by atoms with Gasteiger partial charge >= 0.3 is 0 Å². The largest absolute Gasteiger partial charge is 0.496 e. The van der Waals surface area contributed by atoms with E-state index >= 15 is 0 Å². The van der Waals surface area contributed by atoms with Gasteiger partial charge in [0.25, 0.3) is 0 Å². The van der Waals surface area contributed by atoms with Crippen LogP contribution in [0.25, 0.3) is 0 Å². The molecule has 1 heterocycles. The summed E-state index contributed by atoms with van der Waals surface area (Å²) in [5.74, 6) is 1.67. The van der Waals surface area contributed by atoms with Crippen molar-refractivity contribution in [2.45, 2.75) is 50.2 Å². The predicted octanol–water partition coefficient (Wildman–Crippen LogP) is 6.00. The van der Waals surface area contributed by atoms with Crippen LogP contribution in [-0.2, 0) is 10.5 Å². The van der Waals surface area contributed by atoms with Crippen LogP contribution in [0.5, 0.6) is 5.75 Å². The molecule has 0 radical (unpaired) electrons. The van der Waals surface area contributed by atoms with E-state index < -0.39 is 6.23 Å². The summed E-state index contributed by atoms with van der Waals surface area (Å²) >= 11 is 1.80. The molecule has 2 N–H and O–H groups in total. The lowest BCUT2D eigenvalue weighted by Crippen LogP contribution is -2.43. The standard InChI is InChI=1S/C28H32N2O3S/c1-5-22(31)16-30-27(29-24-12-7-6-11-23(24)28(30)32)20-13-14-25(33-4)21(15-20)17-34-26-18(2)9-8-10-19(26)3/h6-15,27-29,32H,5,16-17H2,1-4H3. The van der Waals surface area contributed by atoms with Crippen LogP contribution >= 0.6 is 11.8 Å². The van der Waals surface area contributed by atoms with E-state index in [-0.39, 0.29) is 18.5 Å². The normalized spacial score (nSPS) is 17.7. The third kappa shape index (κ3) is 4.99. The number of nitrogens with one attached hydrogen (secondary N) is 1. The number of aliphatic hydroxyl groups is 1. The molecule has 0 aromatic heterocycles. The summed E-state index contributed by atoms with van der Waals surface area (Å²) in [5, 5.41) is 14.7. The molecule has 4 rings (SSSR count). The average molecular weight is 477 g/mol. The quantitative estimate of drug-likeness (QED) is 0.389. The summed E-state index contributed by atoms with van der Waals surface area (Å²) in [5.41, 5.74) is 6.24. The number of hydrogen-bond donors (Lipinski definition) is 2. The number of thioether (sulfide) groups is 1. The molecule has 2 atom stereocenters. The van der Waals surface area contributed by atoms with Gasteiger partial charge in [0.15, 0.2) is 0 Å². The van der Waals surface area contributed by atoms with Crippen molar-refractivity contribution < 1.29 is 14.6 Å². The van der Waals surface area contributed by atoms with Crippen molar-refractivity contribution in [3.8, 4) is 5.75 Å². The number of para-hydroxylation sites is 1. The number of aliphatic hydroxyl groups excluding tert-OH is 1. The highest BCUT2D eigenvalue weighted by molar-refractivity contribution is 7.98. The molecule has 34 heavy (non-hydrogen) atoms. The molecule has 2 unspecified atom stereocenters. The Labute approximate surface area is 206 Å². The molecule has 0 bridgehead atoms. The van der Waals surface area contributed by atoms with Crippen LogP contribution < -0.4 is 10.1 Å². The number of aryl methyl sites for hydroxylation is 2. The van der Waals surface area contributed by atoms with Gasteiger partial charge in [0, 0.05) is 33.9 Å². The molecule has 0 saturated carbocycles. The van der Waals surface area contributed by atoms with Crippen molar-refractivity contribution in [1.82, 2.24) is 4.90 Å². The molecule has 0 spiro atoms. The maximum Gasteiger partial charge on any atom is 0.146 e. The third-order valence-electron chi connectivity index (χ3n) is 6.33. The van der Waals surface area contributed by atoms with Gasteiger partial charge in [-0.15, -0.1) is 11.8 Å². The van der Waals surface area contributed by atoms with E-state index in [0.29, 0.717) is 6.42 Å². The minimum absolute atomic E-state index is 0.0875. The van der Waals surface area contributed by atoms with Gasteiger partial charge in [0.1, 0.15) is 23.9 Å². The number of fused-ring (bicyclic) bond motifs is 1.